The van der Waals surface area contributed by atoms with E-state index in [2.05, 4.69) is 5.32 Å². The number of nitro benzene ring substituents is 1. The molecule has 0 spiro atoms. The van der Waals surface area contributed by atoms with E-state index in [0.717, 1.165) is 6.07 Å². The van der Waals surface area contributed by atoms with Crippen molar-refractivity contribution in [1.82, 2.24) is 5.32 Å². The number of benzene rings is 2. The number of carbonyl (C=O) groups is 2. The highest BCUT2D eigenvalue weighted by molar-refractivity contribution is 5.96. The molecule has 2 aromatic rings. The predicted octanol–water partition coefficient (Wildman–Crippen LogP) is 2.21. The van der Waals surface area contributed by atoms with Crippen LogP contribution < -0.4 is 5.32 Å². The molecule has 0 heterocycles. The monoisotopic (exact) mass is 332 g/mol. The van der Waals surface area contributed by atoms with Crippen molar-refractivity contribution in [3.05, 3.63) is 75.6 Å². The number of hydrogen-bond donors (Lipinski definition) is 1. The summed E-state index contributed by atoms with van der Waals surface area (Å²) < 4.78 is 18.3. The van der Waals surface area contributed by atoms with E-state index >= 15 is 0 Å². The molecular weight excluding hydrogens is 319 g/mol. The summed E-state index contributed by atoms with van der Waals surface area (Å²) >= 11 is 0. The van der Waals surface area contributed by atoms with Crippen molar-refractivity contribution < 1.29 is 23.6 Å². The standard InChI is InChI=1S/C16H13FN2O5/c17-14-4-2-1-3-13(14)16(21)18-9-15(20)24-10-11-5-7-12(8-6-11)19(22)23/h1-8H,9-10H2,(H,18,21). The van der Waals surface area contributed by atoms with E-state index in [4.69, 9.17) is 4.74 Å². The van der Waals surface area contributed by atoms with E-state index in [1.54, 1.807) is 0 Å². The lowest BCUT2D eigenvalue weighted by atomic mass is 10.2. The Morgan fingerprint density at radius 2 is 1.79 bits per heavy atom. The largest absolute Gasteiger partial charge is 0.460 e. The molecule has 2 rings (SSSR count). The number of amides is 1. The quantitative estimate of drug-likeness (QED) is 0.497. The maximum absolute atomic E-state index is 13.4. The number of halogens is 1. The number of carbonyl (C=O) groups excluding carboxylic acids is 2. The Kier molecular flexibility index (Phi) is 5.56. The number of rotatable bonds is 6. The summed E-state index contributed by atoms with van der Waals surface area (Å²) in [4.78, 5) is 33.3. The summed E-state index contributed by atoms with van der Waals surface area (Å²) in [6.07, 6.45) is 0. The first-order chi connectivity index (χ1) is 11.5. The first kappa shape index (κ1) is 17.1. The third-order valence-electron chi connectivity index (χ3n) is 3.06. The zero-order valence-corrected chi connectivity index (χ0v) is 12.4. The summed E-state index contributed by atoms with van der Waals surface area (Å²) in [6, 6.07) is 10.9. The van der Waals surface area contributed by atoms with E-state index in [9.17, 15) is 24.1 Å². The lowest BCUT2D eigenvalue weighted by Crippen LogP contribution is -2.31. The number of esters is 1. The fraction of sp³-hybridized carbons (Fsp3) is 0.125. The second kappa shape index (κ2) is 7.82. The first-order valence-electron chi connectivity index (χ1n) is 6.89. The fourth-order valence-electron chi connectivity index (χ4n) is 1.82. The number of non-ortho nitro benzene ring substituents is 1. The minimum absolute atomic E-state index is 0.0674. The van der Waals surface area contributed by atoms with Crippen molar-refractivity contribution in [2.75, 3.05) is 6.54 Å². The van der Waals surface area contributed by atoms with Gasteiger partial charge in [0.25, 0.3) is 11.6 Å². The van der Waals surface area contributed by atoms with Gasteiger partial charge >= 0.3 is 5.97 Å². The van der Waals surface area contributed by atoms with Crippen LogP contribution >= 0.6 is 0 Å². The van der Waals surface area contributed by atoms with Gasteiger partial charge in [-0.3, -0.25) is 19.7 Å². The van der Waals surface area contributed by atoms with Crippen LogP contribution in [0.3, 0.4) is 0 Å². The van der Waals surface area contributed by atoms with Crippen molar-refractivity contribution in [3.63, 3.8) is 0 Å². The summed E-state index contributed by atoms with van der Waals surface area (Å²) in [5, 5.41) is 12.8. The Morgan fingerprint density at radius 1 is 1.12 bits per heavy atom. The zero-order valence-electron chi connectivity index (χ0n) is 12.4. The maximum Gasteiger partial charge on any atom is 0.325 e. The molecule has 0 fully saturated rings. The molecule has 0 aliphatic rings. The number of nitrogens with zero attached hydrogens (tertiary/aromatic N) is 1. The number of nitrogens with one attached hydrogen (secondary N) is 1. The van der Waals surface area contributed by atoms with Crippen LogP contribution in [0.4, 0.5) is 10.1 Å². The van der Waals surface area contributed by atoms with Crippen LogP contribution in [0.1, 0.15) is 15.9 Å². The van der Waals surface area contributed by atoms with Crippen LogP contribution in [0.25, 0.3) is 0 Å². The van der Waals surface area contributed by atoms with Crippen LogP contribution in [0.5, 0.6) is 0 Å². The van der Waals surface area contributed by atoms with Crippen LogP contribution in [-0.2, 0) is 16.1 Å². The highest BCUT2D eigenvalue weighted by Crippen LogP contribution is 2.12. The topological polar surface area (TPSA) is 98.5 Å². The summed E-state index contributed by atoms with van der Waals surface area (Å²) in [5.74, 6) is -2.12. The van der Waals surface area contributed by atoms with Crippen molar-refractivity contribution in [2.45, 2.75) is 6.61 Å². The molecule has 7 nitrogen and oxygen atoms in total. The normalized spacial score (nSPS) is 10.0. The molecule has 8 heteroatoms. The molecule has 0 radical (unpaired) electrons. The Morgan fingerprint density at radius 3 is 2.42 bits per heavy atom. The van der Waals surface area contributed by atoms with E-state index < -0.39 is 29.2 Å². The third-order valence-corrected chi connectivity index (χ3v) is 3.06. The Balaban J connectivity index is 1.80. The minimum atomic E-state index is -0.722. The Hall–Kier alpha value is -3.29. The molecule has 24 heavy (non-hydrogen) atoms. The van der Waals surface area contributed by atoms with Crippen LogP contribution in [-0.4, -0.2) is 23.3 Å². The van der Waals surface area contributed by atoms with Crippen molar-refractivity contribution >= 4 is 17.6 Å². The lowest BCUT2D eigenvalue weighted by Gasteiger charge is -2.07. The highest BCUT2D eigenvalue weighted by atomic mass is 19.1. The second-order valence-corrected chi connectivity index (χ2v) is 4.75. The van der Waals surface area contributed by atoms with Crippen molar-refractivity contribution in [2.24, 2.45) is 0 Å². The van der Waals surface area contributed by atoms with E-state index in [-0.39, 0.29) is 17.9 Å². The van der Waals surface area contributed by atoms with E-state index in [1.165, 1.54) is 42.5 Å². The number of nitro groups is 1. The molecule has 0 saturated carbocycles. The second-order valence-electron chi connectivity index (χ2n) is 4.75. The van der Waals surface area contributed by atoms with Crippen LogP contribution in [0.2, 0.25) is 0 Å². The van der Waals surface area contributed by atoms with Crippen molar-refractivity contribution in [1.29, 1.82) is 0 Å². The molecule has 0 aliphatic carbocycles. The van der Waals surface area contributed by atoms with Gasteiger partial charge in [-0.15, -0.1) is 0 Å². The first-order valence-corrected chi connectivity index (χ1v) is 6.89. The molecule has 0 saturated heterocycles. The average molecular weight is 332 g/mol. The highest BCUT2D eigenvalue weighted by Gasteiger charge is 2.12. The van der Waals surface area contributed by atoms with Gasteiger partial charge in [0, 0.05) is 12.1 Å². The van der Waals surface area contributed by atoms with Gasteiger partial charge in [-0.05, 0) is 29.8 Å². The molecule has 0 atom stereocenters. The van der Waals surface area contributed by atoms with Gasteiger partial charge in [-0.2, -0.15) is 0 Å². The van der Waals surface area contributed by atoms with E-state index in [0.29, 0.717) is 5.56 Å². The lowest BCUT2D eigenvalue weighted by molar-refractivity contribution is -0.384. The number of hydrogen-bond acceptors (Lipinski definition) is 5. The van der Waals surface area contributed by atoms with Gasteiger partial charge in [-0.25, -0.2) is 4.39 Å². The maximum atomic E-state index is 13.4. The van der Waals surface area contributed by atoms with Gasteiger partial charge in [-0.1, -0.05) is 12.1 Å². The molecule has 0 unspecified atom stereocenters. The van der Waals surface area contributed by atoms with Gasteiger partial charge in [0.1, 0.15) is 19.0 Å². The molecule has 124 valence electrons. The third kappa shape index (κ3) is 4.60. The Bertz CT molecular complexity index is 761. The van der Waals surface area contributed by atoms with Gasteiger partial charge in [0.2, 0.25) is 0 Å². The van der Waals surface area contributed by atoms with Gasteiger partial charge in [0.05, 0.1) is 10.5 Å². The van der Waals surface area contributed by atoms with Crippen molar-refractivity contribution in [3.8, 4) is 0 Å². The predicted molar refractivity (Wildman–Crippen MR) is 81.6 cm³/mol. The van der Waals surface area contributed by atoms with Gasteiger partial charge < -0.3 is 10.1 Å². The summed E-state index contributed by atoms with van der Waals surface area (Å²) in [6.45, 7) is -0.507. The molecule has 0 aromatic heterocycles. The van der Waals surface area contributed by atoms with E-state index in [1.807, 2.05) is 0 Å². The molecule has 1 N–H and O–H groups in total. The minimum Gasteiger partial charge on any atom is -0.460 e. The van der Waals surface area contributed by atoms with Crippen LogP contribution in [0.15, 0.2) is 48.5 Å². The fourth-order valence-corrected chi connectivity index (χ4v) is 1.82. The smallest absolute Gasteiger partial charge is 0.325 e. The molecule has 0 aliphatic heterocycles. The molecular formula is C16H13FN2O5. The average Bonchev–Trinajstić information content (AvgIpc) is 2.58. The molecule has 2 aromatic carbocycles. The molecule has 0 bridgehead atoms. The number of ether oxygens (including phenoxy) is 1. The zero-order chi connectivity index (χ0) is 17.5. The molecule has 1 amide bonds. The SMILES string of the molecule is O=C(CNC(=O)c1ccccc1F)OCc1ccc([N+](=O)[O-])cc1. The van der Waals surface area contributed by atoms with Crippen LogP contribution in [0, 0.1) is 15.9 Å². The summed E-state index contributed by atoms with van der Waals surface area (Å²) in [7, 11) is 0. The Labute approximate surface area is 136 Å². The van der Waals surface area contributed by atoms with Gasteiger partial charge in [0.15, 0.2) is 0 Å². The summed E-state index contributed by atoms with van der Waals surface area (Å²) in [5.41, 5.74) is 0.331.